The van der Waals surface area contributed by atoms with Crippen LogP contribution in [0.2, 0.25) is 0 Å². The maximum absolute atomic E-state index is 13.6. The van der Waals surface area contributed by atoms with Crippen molar-refractivity contribution in [3.8, 4) is 0 Å². The molecule has 1 saturated heterocycles. The second kappa shape index (κ2) is 9.06. The van der Waals surface area contributed by atoms with Crippen LogP contribution in [0.1, 0.15) is 44.5 Å². The summed E-state index contributed by atoms with van der Waals surface area (Å²) in [7, 11) is 0. The first kappa shape index (κ1) is 20.7. The van der Waals surface area contributed by atoms with Crippen LogP contribution in [0.5, 0.6) is 0 Å². The van der Waals surface area contributed by atoms with Gasteiger partial charge in [0.1, 0.15) is 10.7 Å². The standard InChI is InChI=1S/C24H26FN3OS/c1-17-23(30-22(26-17)15-19-7-4-3-5-8-19)24(29)28-13-11-27(12-14-28)18(2)20-9-6-10-21(25)16-20/h3-10,16,18H,11-15H2,1-2H3. The van der Waals surface area contributed by atoms with Gasteiger partial charge in [-0.15, -0.1) is 11.3 Å². The van der Waals surface area contributed by atoms with Gasteiger partial charge in [0.2, 0.25) is 0 Å². The number of aryl methyl sites for hydroxylation is 1. The van der Waals surface area contributed by atoms with Gasteiger partial charge < -0.3 is 4.90 Å². The average Bonchev–Trinajstić information content (AvgIpc) is 3.13. The summed E-state index contributed by atoms with van der Waals surface area (Å²) in [6.07, 6.45) is 0.749. The number of halogens is 1. The van der Waals surface area contributed by atoms with Gasteiger partial charge in [0.25, 0.3) is 5.91 Å². The number of hydrogen-bond donors (Lipinski definition) is 0. The van der Waals surface area contributed by atoms with E-state index in [0.717, 1.165) is 40.7 Å². The quantitative estimate of drug-likeness (QED) is 0.597. The van der Waals surface area contributed by atoms with E-state index in [0.29, 0.717) is 13.1 Å². The molecule has 1 aliphatic rings. The summed E-state index contributed by atoms with van der Waals surface area (Å²) in [4.78, 5) is 22.7. The molecule has 0 bridgehead atoms. The van der Waals surface area contributed by atoms with Crippen LogP contribution in [0.15, 0.2) is 54.6 Å². The third-order valence-corrected chi connectivity index (χ3v) is 6.86. The maximum Gasteiger partial charge on any atom is 0.265 e. The van der Waals surface area contributed by atoms with Crippen molar-refractivity contribution >= 4 is 17.2 Å². The van der Waals surface area contributed by atoms with Crippen LogP contribution in [0.3, 0.4) is 0 Å². The molecule has 30 heavy (non-hydrogen) atoms. The lowest BCUT2D eigenvalue weighted by Gasteiger charge is -2.38. The van der Waals surface area contributed by atoms with Crippen LogP contribution < -0.4 is 0 Å². The monoisotopic (exact) mass is 423 g/mol. The van der Waals surface area contributed by atoms with Crippen molar-refractivity contribution in [3.63, 3.8) is 0 Å². The molecule has 3 aromatic rings. The minimum absolute atomic E-state index is 0.0716. The number of carbonyl (C=O) groups is 1. The molecule has 0 radical (unpaired) electrons. The Kier molecular flexibility index (Phi) is 6.25. The van der Waals surface area contributed by atoms with E-state index in [1.165, 1.54) is 23.0 Å². The molecule has 1 aliphatic heterocycles. The summed E-state index contributed by atoms with van der Waals surface area (Å²) in [6.45, 7) is 6.90. The van der Waals surface area contributed by atoms with Gasteiger partial charge in [-0.05, 0) is 37.1 Å². The zero-order valence-electron chi connectivity index (χ0n) is 17.3. The first-order valence-corrected chi connectivity index (χ1v) is 11.1. The van der Waals surface area contributed by atoms with Crippen molar-refractivity contribution < 1.29 is 9.18 Å². The smallest absolute Gasteiger partial charge is 0.265 e. The number of benzene rings is 2. The van der Waals surface area contributed by atoms with Gasteiger partial charge in [-0.3, -0.25) is 9.69 Å². The van der Waals surface area contributed by atoms with Crippen LogP contribution in [-0.4, -0.2) is 46.9 Å². The van der Waals surface area contributed by atoms with Crippen LogP contribution in [0.4, 0.5) is 4.39 Å². The molecule has 0 N–H and O–H groups in total. The summed E-state index contributed by atoms with van der Waals surface area (Å²) in [5, 5.41) is 0.973. The van der Waals surface area contributed by atoms with E-state index in [1.54, 1.807) is 12.1 Å². The topological polar surface area (TPSA) is 36.4 Å². The van der Waals surface area contributed by atoms with E-state index in [2.05, 4.69) is 28.9 Å². The van der Waals surface area contributed by atoms with Gasteiger partial charge in [0.05, 0.1) is 10.7 Å². The molecule has 0 saturated carbocycles. The summed E-state index contributed by atoms with van der Waals surface area (Å²) >= 11 is 1.50. The zero-order chi connectivity index (χ0) is 21.1. The largest absolute Gasteiger partial charge is 0.335 e. The van der Waals surface area contributed by atoms with Gasteiger partial charge in [0.15, 0.2) is 0 Å². The predicted molar refractivity (Wildman–Crippen MR) is 118 cm³/mol. The molecule has 2 aromatic carbocycles. The van der Waals surface area contributed by atoms with Crippen molar-refractivity contribution in [1.82, 2.24) is 14.8 Å². The lowest BCUT2D eigenvalue weighted by atomic mass is 10.1. The van der Waals surface area contributed by atoms with Gasteiger partial charge in [-0.2, -0.15) is 0 Å². The number of carbonyl (C=O) groups excluding carboxylic acids is 1. The average molecular weight is 424 g/mol. The molecule has 1 amide bonds. The fraction of sp³-hybridized carbons (Fsp3) is 0.333. The van der Waals surface area contributed by atoms with Crippen molar-refractivity contribution in [2.45, 2.75) is 26.3 Å². The number of hydrogen-bond acceptors (Lipinski definition) is 4. The second-order valence-corrected chi connectivity index (χ2v) is 8.83. The first-order chi connectivity index (χ1) is 14.5. The number of rotatable bonds is 5. The molecule has 0 aliphatic carbocycles. The Bertz CT molecular complexity index is 1010. The zero-order valence-corrected chi connectivity index (χ0v) is 18.2. The first-order valence-electron chi connectivity index (χ1n) is 10.3. The Labute approximate surface area is 181 Å². The number of amides is 1. The Hall–Kier alpha value is -2.57. The lowest BCUT2D eigenvalue weighted by molar-refractivity contribution is 0.0585. The fourth-order valence-electron chi connectivity index (χ4n) is 3.93. The molecule has 1 aromatic heterocycles. The highest BCUT2D eigenvalue weighted by atomic mass is 32.1. The van der Waals surface area contributed by atoms with E-state index in [-0.39, 0.29) is 17.8 Å². The molecule has 0 spiro atoms. The molecule has 1 unspecified atom stereocenters. The van der Waals surface area contributed by atoms with Crippen LogP contribution in [0.25, 0.3) is 0 Å². The van der Waals surface area contributed by atoms with Crippen LogP contribution in [0, 0.1) is 12.7 Å². The highest BCUT2D eigenvalue weighted by Crippen LogP contribution is 2.25. The highest BCUT2D eigenvalue weighted by molar-refractivity contribution is 7.13. The number of aromatic nitrogens is 1. The van der Waals surface area contributed by atoms with Crippen molar-refractivity contribution in [2.24, 2.45) is 0 Å². The minimum atomic E-state index is -0.208. The Morgan fingerprint density at radius 2 is 1.83 bits per heavy atom. The molecular formula is C24H26FN3OS. The van der Waals surface area contributed by atoms with E-state index in [1.807, 2.05) is 36.1 Å². The molecule has 1 atom stereocenters. The Morgan fingerprint density at radius 3 is 2.53 bits per heavy atom. The number of nitrogens with zero attached hydrogens (tertiary/aromatic N) is 3. The normalized spacial score (nSPS) is 15.9. The van der Waals surface area contributed by atoms with Gasteiger partial charge in [-0.1, -0.05) is 42.5 Å². The highest BCUT2D eigenvalue weighted by Gasteiger charge is 2.27. The van der Waals surface area contributed by atoms with Gasteiger partial charge >= 0.3 is 0 Å². The van der Waals surface area contributed by atoms with Crippen molar-refractivity contribution in [3.05, 3.63) is 87.1 Å². The fourth-order valence-corrected chi connectivity index (χ4v) is 5.00. The van der Waals surface area contributed by atoms with E-state index >= 15 is 0 Å². The third-order valence-electron chi connectivity index (χ3n) is 5.71. The molecule has 1 fully saturated rings. The maximum atomic E-state index is 13.6. The molecule has 4 rings (SSSR count). The SMILES string of the molecule is Cc1nc(Cc2ccccc2)sc1C(=O)N1CCN(C(C)c2cccc(F)c2)CC1. The minimum Gasteiger partial charge on any atom is -0.335 e. The van der Waals surface area contributed by atoms with Crippen molar-refractivity contribution in [1.29, 1.82) is 0 Å². The molecular weight excluding hydrogens is 397 g/mol. The molecule has 6 heteroatoms. The van der Waals surface area contributed by atoms with Crippen LogP contribution >= 0.6 is 11.3 Å². The van der Waals surface area contributed by atoms with Crippen molar-refractivity contribution in [2.75, 3.05) is 26.2 Å². The summed E-state index contributed by atoms with van der Waals surface area (Å²) < 4.78 is 13.6. The van der Waals surface area contributed by atoms with Gasteiger partial charge in [-0.25, -0.2) is 9.37 Å². The van der Waals surface area contributed by atoms with E-state index in [9.17, 15) is 9.18 Å². The Balaban J connectivity index is 1.38. The third kappa shape index (κ3) is 4.60. The Morgan fingerprint density at radius 1 is 1.10 bits per heavy atom. The molecule has 156 valence electrons. The number of piperazine rings is 1. The summed E-state index contributed by atoms with van der Waals surface area (Å²) in [6, 6.07) is 17.1. The predicted octanol–water partition coefficient (Wildman–Crippen LogP) is 4.70. The van der Waals surface area contributed by atoms with E-state index < -0.39 is 0 Å². The summed E-state index contributed by atoms with van der Waals surface area (Å²) in [5.74, 6) is -0.137. The van der Waals surface area contributed by atoms with E-state index in [4.69, 9.17) is 0 Å². The molecule has 2 heterocycles. The van der Waals surface area contributed by atoms with Crippen LogP contribution in [-0.2, 0) is 6.42 Å². The molecule has 4 nitrogen and oxygen atoms in total. The van der Waals surface area contributed by atoms with Gasteiger partial charge in [0, 0.05) is 38.6 Å². The summed E-state index contributed by atoms with van der Waals surface area (Å²) in [5.41, 5.74) is 2.98. The lowest BCUT2D eigenvalue weighted by Crippen LogP contribution is -2.49. The second-order valence-electron chi connectivity index (χ2n) is 7.74. The number of thiazole rings is 1.